The summed E-state index contributed by atoms with van der Waals surface area (Å²) in [4.78, 5) is 0. The molecule has 5 N–H and O–H groups in total. The van der Waals surface area contributed by atoms with E-state index in [1.807, 2.05) is 0 Å². The first kappa shape index (κ1) is 15.3. The first-order valence-electron chi connectivity index (χ1n) is 4.34. The number of rotatable bonds is 6. The number of aliphatic hydroxyl groups excluding tert-OH is 5. The molecule has 0 aliphatic rings. The fourth-order valence-electron chi connectivity index (χ4n) is 0.583. The van der Waals surface area contributed by atoms with E-state index in [1.165, 1.54) is 0 Å². The molecule has 13 heavy (non-hydrogen) atoms. The van der Waals surface area contributed by atoms with Gasteiger partial charge in [-0.1, -0.05) is 0 Å². The number of hydrogen-bond donors (Lipinski definition) is 5. The highest BCUT2D eigenvalue weighted by atomic mass is 16.3. The van der Waals surface area contributed by atoms with Gasteiger partial charge in [0.15, 0.2) is 0 Å². The van der Waals surface area contributed by atoms with Crippen LogP contribution in [0.5, 0.6) is 0 Å². The Labute approximate surface area is 78.3 Å². The Bertz CT molecular complexity index is 76.9. The van der Waals surface area contributed by atoms with Gasteiger partial charge in [0.2, 0.25) is 0 Å². The van der Waals surface area contributed by atoms with E-state index in [2.05, 4.69) is 0 Å². The molecule has 0 spiro atoms. The van der Waals surface area contributed by atoms with Crippen LogP contribution < -0.4 is 0 Å². The van der Waals surface area contributed by atoms with Crippen LogP contribution in [0.1, 0.15) is 19.3 Å². The van der Waals surface area contributed by atoms with Crippen molar-refractivity contribution in [3.63, 3.8) is 0 Å². The van der Waals surface area contributed by atoms with E-state index in [1.54, 1.807) is 0 Å². The lowest BCUT2D eigenvalue weighted by Crippen LogP contribution is -2.11. The molecule has 1 atom stereocenters. The SMILES string of the molecule is OCCCCC(O)CO.OCCO. The van der Waals surface area contributed by atoms with Crippen molar-refractivity contribution in [2.24, 2.45) is 0 Å². The molecule has 0 aromatic carbocycles. The van der Waals surface area contributed by atoms with Crippen molar-refractivity contribution >= 4 is 0 Å². The van der Waals surface area contributed by atoms with Crippen LogP contribution in [0.15, 0.2) is 0 Å². The topological polar surface area (TPSA) is 101 Å². The Morgan fingerprint density at radius 3 is 1.62 bits per heavy atom. The first-order chi connectivity index (χ1) is 6.22. The first-order valence-corrected chi connectivity index (χ1v) is 4.34. The predicted molar refractivity (Wildman–Crippen MR) is 48.2 cm³/mol. The van der Waals surface area contributed by atoms with Gasteiger partial charge < -0.3 is 25.5 Å². The third-order valence-electron chi connectivity index (χ3n) is 1.26. The third-order valence-corrected chi connectivity index (χ3v) is 1.26. The number of hydrogen-bond acceptors (Lipinski definition) is 5. The molecule has 0 rings (SSSR count). The lowest BCUT2D eigenvalue weighted by atomic mass is 10.2. The fourth-order valence-corrected chi connectivity index (χ4v) is 0.583. The minimum Gasteiger partial charge on any atom is -0.396 e. The summed E-state index contributed by atoms with van der Waals surface area (Å²) in [6, 6.07) is 0. The van der Waals surface area contributed by atoms with E-state index < -0.39 is 6.10 Å². The van der Waals surface area contributed by atoms with E-state index in [9.17, 15) is 0 Å². The van der Waals surface area contributed by atoms with Gasteiger partial charge in [-0.05, 0) is 19.3 Å². The predicted octanol–water partition coefficient (Wildman–Crippen LogP) is -1.53. The summed E-state index contributed by atoms with van der Waals surface area (Å²) in [5.74, 6) is 0. The normalized spacial score (nSPS) is 11.8. The van der Waals surface area contributed by atoms with E-state index in [-0.39, 0.29) is 26.4 Å². The molecule has 0 aromatic rings. The summed E-state index contributed by atoms with van der Waals surface area (Å²) in [6.45, 7) is -0.260. The molecular formula is C8H20O5. The zero-order chi connectivity index (χ0) is 10.5. The van der Waals surface area contributed by atoms with Crippen LogP contribution in [0.2, 0.25) is 0 Å². The lowest BCUT2D eigenvalue weighted by molar-refractivity contribution is 0.0848. The molecule has 1 unspecified atom stereocenters. The maximum absolute atomic E-state index is 8.75. The summed E-state index contributed by atoms with van der Waals surface area (Å²) >= 11 is 0. The van der Waals surface area contributed by atoms with Crippen molar-refractivity contribution in [1.82, 2.24) is 0 Å². The molecule has 0 aliphatic carbocycles. The van der Waals surface area contributed by atoms with Gasteiger partial charge in [0.1, 0.15) is 0 Å². The van der Waals surface area contributed by atoms with E-state index in [0.29, 0.717) is 12.8 Å². The Morgan fingerprint density at radius 2 is 1.31 bits per heavy atom. The molecule has 0 heterocycles. The summed E-state index contributed by atoms with van der Waals surface area (Å²) < 4.78 is 0. The monoisotopic (exact) mass is 196 g/mol. The molecule has 0 saturated carbocycles. The zero-order valence-corrected chi connectivity index (χ0v) is 7.76. The van der Waals surface area contributed by atoms with Crippen molar-refractivity contribution < 1.29 is 25.5 Å². The summed E-state index contributed by atoms with van der Waals surface area (Å²) in [5.41, 5.74) is 0. The van der Waals surface area contributed by atoms with Gasteiger partial charge in [-0.3, -0.25) is 0 Å². The molecule has 0 bridgehead atoms. The van der Waals surface area contributed by atoms with Gasteiger partial charge in [0, 0.05) is 6.61 Å². The molecule has 0 amide bonds. The summed E-state index contributed by atoms with van der Waals surface area (Å²) in [6.07, 6.45) is 1.46. The highest BCUT2D eigenvalue weighted by Gasteiger charge is 1.99. The molecule has 5 nitrogen and oxygen atoms in total. The van der Waals surface area contributed by atoms with Gasteiger partial charge in [-0.15, -0.1) is 0 Å². The van der Waals surface area contributed by atoms with Gasteiger partial charge in [-0.2, -0.15) is 0 Å². The van der Waals surface area contributed by atoms with E-state index >= 15 is 0 Å². The van der Waals surface area contributed by atoms with Gasteiger partial charge in [-0.25, -0.2) is 0 Å². The largest absolute Gasteiger partial charge is 0.396 e. The molecule has 0 radical (unpaired) electrons. The maximum Gasteiger partial charge on any atom is 0.0771 e. The summed E-state index contributed by atoms with van der Waals surface area (Å²) in [7, 11) is 0. The number of aliphatic hydroxyl groups is 5. The smallest absolute Gasteiger partial charge is 0.0771 e. The Balaban J connectivity index is 0. The van der Waals surface area contributed by atoms with Crippen molar-refractivity contribution in [3.05, 3.63) is 0 Å². The Hall–Kier alpha value is -0.200. The molecule has 0 aliphatic heterocycles. The maximum atomic E-state index is 8.75. The van der Waals surface area contributed by atoms with Crippen LogP contribution in [0.25, 0.3) is 0 Å². The highest BCUT2D eigenvalue weighted by molar-refractivity contribution is 4.51. The summed E-state index contributed by atoms with van der Waals surface area (Å²) in [5, 5.41) is 40.6. The molecule has 82 valence electrons. The van der Waals surface area contributed by atoms with E-state index in [0.717, 1.165) is 6.42 Å². The van der Waals surface area contributed by atoms with Crippen LogP contribution in [-0.2, 0) is 0 Å². The Morgan fingerprint density at radius 1 is 0.769 bits per heavy atom. The van der Waals surface area contributed by atoms with Crippen LogP contribution in [-0.4, -0.2) is 58.1 Å². The molecular weight excluding hydrogens is 176 g/mol. The van der Waals surface area contributed by atoms with Crippen LogP contribution >= 0.6 is 0 Å². The third kappa shape index (κ3) is 18.6. The van der Waals surface area contributed by atoms with Crippen molar-refractivity contribution in [3.8, 4) is 0 Å². The average molecular weight is 196 g/mol. The second-order valence-electron chi connectivity index (χ2n) is 2.50. The molecule has 0 saturated heterocycles. The number of unbranched alkanes of at least 4 members (excludes halogenated alkanes) is 1. The minimum absolute atomic E-state index is 0.125. The quantitative estimate of drug-likeness (QED) is 0.332. The molecule has 0 aromatic heterocycles. The molecule has 0 fully saturated rings. The highest BCUT2D eigenvalue weighted by Crippen LogP contribution is 1.98. The van der Waals surface area contributed by atoms with Gasteiger partial charge in [0.05, 0.1) is 25.9 Å². The van der Waals surface area contributed by atoms with Crippen LogP contribution in [0.4, 0.5) is 0 Å². The van der Waals surface area contributed by atoms with E-state index in [4.69, 9.17) is 25.5 Å². The Kier molecular flexibility index (Phi) is 16.8. The zero-order valence-electron chi connectivity index (χ0n) is 7.76. The van der Waals surface area contributed by atoms with Gasteiger partial charge in [0.25, 0.3) is 0 Å². The van der Waals surface area contributed by atoms with Gasteiger partial charge >= 0.3 is 0 Å². The second-order valence-corrected chi connectivity index (χ2v) is 2.50. The van der Waals surface area contributed by atoms with Crippen molar-refractivity contribution in [2.75, 3.05) is 26.4 Å². The van der Waals surface area contributed by atoms with Crippen LogP contribution in [0.3, 0.4) is 0 Å². The second kappa shape index (κ2) is 14.3. The standard InChI is InChI=1S/C6H14O3.C2H6O2/c7-4-2-1-3-6(9)5-8;3-1-2-4/h6-9H,1-5H2;3-4H,1-2H2. The molecule has 5 heteroatoms. The lowest BCUT2D eigenvalue weighted by Gasteiger charge is -2.03. The minimum atomic E-state index is -0.600. The van der Waals surface area contributed by atoms with Crippen molar-refractivity contribution in [2.45, 2.75) is 25.4 Å². The van der Waals surface area contributed by atoms with Crippen molar-refractivity contribution in [1.29, 1.82) is 0 Å². The fraction of sp³-hybridized carbons (Fsp3) is 1.00. The van der Waals surface area contributed by atoms with Crippen LogP contribution in [0, 0.1) is 0 Å². The average Bonchev–Trinajstić information content (AvgIpc) is 2.18.